The summed E-state index contributed by atoms with van der Waals surface area (Å²) in [5.41, 5.74) is 3.59. The zero-order chi connectivity index (χ0) is 17.5. The topological polar surface area (TPSA) is 82.6 Å². The molecule has 2 rings (SSSR count). The molecule has 0 saturated heterocycles. The van der Waals surface area contributed by atoms with Crippen molar-refractivity contribution in [2.45, 2.75) is 0 Å². The Morgan fingerprint density at radius 2 is 1.88 bits per heavy atom. The molecule has 0 bridgehead atoms. The van der Waals surface area contributed by atoms with E-state index in [1.165, 1.54) is 19.3 Å². The van der Waals surface area contributed by atoms with E-state index in [2.05, 4.69) is 37.1 Å². The number of nitrogens with zero attached hydrogens (tertiary/aromatic N) is 1. The van der Waals surface area contributed by atoms with Crippen molar-refractivity contribution < 1.29 is 14.0 Å². The maximum Gasteiger partial charge on any atom is 0.329 e. The Kier molecular flexibility index (Phi) is 6.02. The molecule has 0 spiro atoms. The summed E-state index contributed by atoms with van der Waals surface area (Å²) in [6.45, 7) is 0. The molecular weight excluding hydrogens is 379 g/mol. The summed E-state index contributed by atoms with van der Waals surface area (Å²) in [6, 6.07) is 11.5. The first-order valence-electron chi connectivity index (χ1n) is 6.87. The van der Waals surface area contributed by atoms with Crippen LogP contribution in [0.1, 0.15) is 5.56 Å². The van der Waals surface area contributed by atoms with Crippen LogP contribution in [0.5, 0.6) is 0 Å². The smallest absolute Gasteiger partial charge is 0.329 e. The van der Waals surface area contributed by atoms with Gasteiger partial charge < -0.3 is 10.6 Å². The summed E-state index contributed by atoms with van der Waals surface area (Å²) in [7, 11) is 1.34. The number of rotatable bonds is 4. The van der Waals surface area contributed by atoms with Crippen molar-refractivity contribution in [1.29, 1.82) is 0 Å². The fourth-order valence-electron chi connectivity index (χ4n) is 1.79. The van der Waals surface area contributed by atoms with Gasteiger partial charge in [-0.05, 0) is 30.3 Å². The predicted molar refractivity (Wildman–Crippen MR) is 93.6 cm³/mol. The highest BCUT2D eigenvalue weighted by Crippen LogP contribution is 2.24. The molecule has 2 aromatic rings. The molecule has 0 saturated carbocycles. The number of likely N-dealkylation sites (N-methyl/N-ethyl adjacent to an activating group) is 1. The van der Waals surface area contributed by atoms with Crippen LogP contribution >= 0.6 is 15.9 Å². The third-order valence-corrected chi connectivity index (χ3v) is 3.45. The van der Waals surface area contributed by atoms with Gasteiger partial charge in [0.05, 0.1) is 11.9 Å². The van der Waals surface area contributed by atoms with Gasteiger partial charge in [0.1, 0.15) is 5.82 Å². The van der Waals surface area contributed by atoms with Crippen LogP contribution in [0, 0.1) is 5.82 Å². The van der Waals surface area contributed by atoms with E-state index in [4.69, 9.17) is 0 Å². The summed E-state index contributed by atoms with van der Waals surface area (Å²) in [6.07, 6.45) is 1.36. The fourth-order valence-corrected chi connectivity index (χ4v) is 2.17. The molecule has 6 nitrogen and oxygen atoms in total. The molecule has 0 fully saturated rings. The van der Waals surface area contributed by atoms with Crippen molar-refractivity contribution in [3.05, 3.63) is 58.3 Å². The number of amides is 2. The minimum atomic E-state index is -0.882. The van der Waals surface area contributed by atoms with Gasteiger partial charge >= 0.3 is 11.8 Å². The van der Waals surface area contributed by atoms with Gasteiger partial charge in [0.15, 0.2) is 0 Å². The van der Waals surface area contributed by atoms with Crippen LogP contribution in [0.3, 0.4) is 0 Å². The zero-order valence-electron chi connectivity index (χ0n) is 12.6. The third-order valence-electron chi connectivity index (χ3n) is 2.96. The van der Waals surface area contributed by atoms with Gasteiger partial charge in [-0.2, -0.15) is 5.10 Å². The lowest BCUT2D eigenvalue weighted by molar-refractivity contribution is -0.138. The monoisotopic (exact) mass is 392 g/mol. The lowest BCUT2D eigenvalue weighted by Crippen LogP contribution is -2.35. The first-order chi connectivity index (χ1) is 11.5. The molecule has 8 heteroatoms. The number of nitrogens with one attached hydrogen (secondary N) is 3. The van der Waals surface area contributed by atoms with Crippen molar-refractivity contribution in [3.63, 3.8) is 0 Å². The molecule has 0 heterocycles. The van der Waals surface area contributed by atoms with Crippen molar-refractivity contribution in [2.24, 2.45) is 5.10 Å². The van der Waals surface area contributed by atoms with E-state index in [0.717, 1.165) is 4.47 Å². The molecule has 2 aromatic carbocycles. The average Bonchev–Trinajstić information content (AvgIpc) is 2.58. The van der Waals surface area contributed by atoms with Gasteiger partial charge in [0.25, 0.3) is 0 Å². The van der Waals surface area contributed by atoms with Crippen molar-refractivity contribution in [2.75, 3.05) is 12.4 Å². The largest absolute Gasteiger partial charge is 0.353 e. The van der Waals surface area contributed by atoms with E-state index in [1.807, 2.05) is 0 Å². The van der Waals surface area contributed by atoms with Crippen LogP contribution in [0.25, 0.3) is 0 Å². The number of anilines is 2. The van der Waals surface area contributed by atoms with Crippen LogP contribution in [-0.2, 0) is 9.59 Å². The Morgan fingerprint density at radius 3 is 2.58 bits per heavy atom. The standard InChI is InChI=1S/C16H14BrFN4O2/c1-19-15(23)16(24)22-20-9-10-8-11(17)6-7-13(10)21-14-5-3-2-4-12(14)18/h2-9,21H,1H3,(H,19,23)(H,22,24)/b20-9-. The summed E-state index contributed by atoms with van der Waals surface area (Å²) in [5.74, 6) is -2.07. The average molecular weight is 393 g/mol. The Balaban J connectivity index is 2.20. The van der Waals surface area contributed by atoms with E-state index in [0.29, 0.717) is 16.9 Å². The van der Waals surface area contributed by atoms with Gasteiger partial charge in [-0.15, -0.1) is 0 Å². The molecule has 0 atom stereocenters. The van der Waals surface area contributed by atoms with Gasteiger partial charge in [-0.25, -0.2) is 9.82 Å². The summed E-state index contributed by atoms with van der Waals surface area (Å²) < 4.78 is 14.5. The molecular formula is C16H14BrFN4O2. The Bertz CT molecular complexity index is 795. The molecule has 2 amide bonds. The van der Waals surface area contributed by atoms with E-state index in [9.17, 15) is 14.0 Å². The molecule has 0 unspecified atom stereocenters. The number of halogens is 2. The molecule has 3 N–H and O–H groups in total. The number of hydrazone groups is 1. The van der Waals surface area contributed by atoms with E-state index >= 15 is 0 Å². The van der Waals surface area contributed by atoms with Crippen molar-refractivity contribution in [3.8, 4) is 0 Å². The molecule has 24 heavy (non-hydrogen) atoms. The number of carbonyl (C=O) groups excluding carboxylic acids is 2. The van der Waals surface area contributed by atoms with Gasteiger partial charge in [-0.3, -0.25) is 9.59 Å². The molecule has 0 radical (unpaired) electrons. The lowest BCUT2D eigenvalue weighted by Gasteiger charge is -2.10. The molecule has 124 valence electrons. The first kappa shape index (κ1) is 17.6. The SMILES string of the molecule is CNC(=O)C(=O)N/N=C\c1cc(Br)ccc1Nc1ccccc1F. The summed E-state index contributed by atoms with van der Waals surface area (Å²) in [4.78, 5) is 22.4. The second-order valence-electron chi connectivity index (χ2n) is 4.61. The highest BCUT2D eigenvalue weighted by atomic mass is 79.9. The number of para-hydroxylation sites is 1. The van der Waals surface area contributed by atoms with Gasteiger partial charge in [0.2, 0.25) is 0 Å². The predicted octanol–water partition coefficient (Wildman–Crippen LogP) is 2.53. The first-order valence-corrected chi connectivity index (χ1v) is 7.67. The van der Waals surface area contributed by atoms with Crippen molar-refractivity contribution >= 4 is 45.3 Å². The lowest BCUT2D eigenvalue weighted by atomic mass is 10.2. The van der Waals surface area contributed by atoms with Gasteiger partial charge in [0, 0.05) is 22.8 Å². The van der Waals surface area contributed by atoms with E-state index in [1.54, 1.807) is 36.4 Å². The third kappa shape index (κ3) is 4.63. The van der Waals surface area contributed by atoms with Crippen LogP contribution in [-0.4, -0.2) is 25.1 Å². The van der Waals surface area contributed by atoms with Crippen LogP contribution in [0.4, 0.5) is 15.8 Å². The van der Waals surface area contributed by atoms with Gasteiger partial charge in [-0.1, -0.05) is 28.1 Å². The minimum absolute atomic E-state index is 0.309. The molecule has 0 aliphatic rings. The molecule has 0 aliphatic heterocycles. The van der Waals surface area contributed by atoms with E-state index in [-0.39, 0.29) is 0 Å². The molecule has 0 aromatic heterocycles. The van der Waals surface area contributed by atoms with Crippen LogP contribution in [0.15, 0.2) is 52.0 Å². The Hall–Kier alpha value is -2.74. The quantitative estimate of drug-likeness (QED) is 0.424. The summed E-state index contributed by atoms with van der Waals surface area (Å²) in [5, 5.41) is 8.88. The second kappa shape index (κ2) is 8.21. The highest BCUT2D eigenvalue weighted by molar-refractivity contribution is 9.10. The van der Waals surface area contributed by atoms with Crippen LogP contribution < -0.4 is 16.1 Å². The van der Waals surface area contributed by atoms with Crippen molar-refractivity contribution in [1.82, 2.24) is 10.7 Å². The van der Waals surface area contributed by atoms with E-state index < -0.39 is 17.6 Å². The van der Waals surface area contributed by atoms with Crippen LogP contribution in [0.2, 0.25) is 0 Å². The number of carbonyl (C=O) groups is 2. The Labute approximate surface area is 146 Å². The summed E-state index contributed by atoms with van der Waals surface area (Å²) >= 11 is 3.34. The number of hydrogen-bond donors (Lipinski definition) is 3. The molecule has 0 aliphatic carbocycles. The fraction of sp³-hybridized carbons (Fsp3) is 0.0625. The Morgan fingerprint density at radius 1 is 1.12 bits per heavy atom. The number of benzene rings is 2. The highest BCUT2D eigenvalue weighted by Gasteiger charge is 2.09. The zero-order valence-corrected chi connectivity index (χ0v) is 14.2. The normalized spacial score (nSPS) is 10.5. The maximum absolute atomic E-state index is 13.8. The maximum atomic E-state index is 13.8. The second-order valence-corrected chi connectivity index (χ2v) is 5.53. The number of hydrogen-bond acceptors (Lipinski definition) is 4. The minimum Gasteiger partial charge on any atom is -0.353 e.